The van der Waals surface area contributed by atoms with Crippen molar-refractivity contribution >= 4 is 29.4 Å². The zero-order valence-corrected chi connectivity index (χ0v) is 13.9. The number of likely N-dealkylation sites (tertiary alicyclic amines) is 1. The van der Waals surface area contributed by atoms with Crippen molar-refractivity contribution in [2.45, 2.75) is 25.8 Å². The van der Waals surface area contributed by atoms with Crippen LogP contribution in [0.15, 0.2) is 36.0 Å². The zero-order valence-electron chi connectivity index (χ0n) is 13.1. The van der Waals surface area contributed by atoms with Crippen molar-refractivity contribution in [2.75, 3.05) is 13.1 Å². The van der Waals surface area contributed by atoms with Crippen LogP contribution < -0.4 is 5.32 Å². The Labute approximate surface area is 145 Å². The molecule has 0 aromatic heterocycles. The molecule has 6 nitrogen and oxygen atoms in total. The summed E-state index contributed by atoms with van der Waals surface area (Å²) in [6.45, 7) is 1.64. The standard InChI is InChI=1S/C17H18ClN3O3/c18-14-7-3-2-6-12(14)10-21-16(23)13(15(22)19-17(21)24)11-20-8-4-1-5-9-20/h2-3,6-7,11H,1,4-5,8-10H2,(H,19,22,24). The second-order valence-corrected chi connectivity index (χ2v) is 6.29. The van der Waals surface area contributed by atoms with E-state index in [2.05, 4.69) is 5.32 Å². The van der Waals surface area contributed by atoms with E-state index in [1.54, 1.807) is 30.5 Å². The molecule has 1 aromatic rings. The van der Waals surface area contributed by atoms with E-state index < -0.39 is 17.8 Å². The van der Waals surface area contributed by atoms with Crippen molar-refractivity contribution in [3.05, 3.63) is 46.6 Å². The van der Waals surface area contributed by atoms with Gasteiger partial charge in [0.25, 0.3) is 11.8 Å². The second kappa shape index (κ2) is 7.05. The van der Waals surface area contributed by atoms with Crippen LogP contribution in [0.3, 0.4) is 0 Å². The molecular weight excluding hydrogens is 330 g/mol. The van der Waals surface area contributed by atoms with Crippen LogP contribution in [-0.2, 0) is 16.1 Å². The number of urea groups is 1. The molecule has 0 aliphatic carbocycles. The molecule has 2 aliphatic heterocycles. The van der Waals surface area contributed by atoms with E-state index in [9.17, 15) is 14.4 Å². The summed E-state index contributed by atoms with van der Waals surface area (Å²) < 4.78 is 0. The maximum absolute atomic E-state index is 12.6. The van der Waals surface area contributed by atoms with Crippen molar-refractivity contribution in [3.8, 4) is 0 Å². The van der Waals surface area contributed by atoms with Gasteiger partial charge in [0.1, 0.15) is 5.57 Å². The minimum absolute atomic E-state index is 0.0106. The van der Waals surface area contributed by atoms with E-state index in [-0.39, 0.29) is 12.1 Å². The van der Waals surface area contributed by atoms with Crippen LogP contribution in [0.4, 0.5) is 4.79 Å². The van der Waals surface area contributed by atoms with Gasteiger partial charge in [-0.25, -0.2) is 4.79 Å². The van der Waals surface area contributed by atoms with E-state index in [0.717, 1.165) is 37.3 Å². The molecule has 0 atom stereocenters. The molecule has 0 spiro atoms. The largest absolute Gasteiger partial charge is 0.377 e. The molecule has 0 unspecified atom stereocenters. The Kier molecular flexibility index (Phi) is 4.85. The SMILES string of the molecule is O=C1NC(=O)N(Cc2ccccc2Cl)C(=O)C1=CN1CCCCC1. The predicted octanol–water partition coefficient (Wildman–Crippen LogP) is 2.29. The highest BCUT2D eigenvalue weighted by atomic mass is 35.5. The fraction of sp³-hybridized carbons (Fsp3) is 0.353. The summed E-state index contributed by atoms with van der Waals surface area (Å²) in [6.07, 6.45) is 4.78. The third-order valence-corrected chi connectivity index (χ3v) is 4.54. The Bertz CT molecular complexity index is 711. The van der Waals surface area contributed by atoms with Gasteiger partial charge >= 0.3 is 6.03 Å². The Morgan fingerprint density at radius 3 is 2.50 bits per heavy atom. The highest BCUT2D eigenvalue weighted by Crippen LogP contribution is 2.21. The molecule has 7 heteroatoms. The highest BCUT2D eigenvalue weighted by molar-refractivity contribution is 6.31. The molecule has 4 amide bonds. The van der Waals surface area contributed by atoms with Crippen molar-refractivity contribution in [2.24, 2.45) is 0 Å². The summed E-state index contributed by atoms with van der Waals surface area (Å²) in [5.41, 5.74) is 0.637. The van der Waals surface area contributed by atoms with Gasteiger partial charge in [-0.1, -0.05) is 29.8 Å². The van der Waals surface area contributed by atoms with Crippen LogP contribution in [0.5, 0.6) is 0 Å². The van der Waals surface area contributed by atoms with Gasteiger partial charge in [-0.2, -0.15) is 0 Å². The molecule has 2 saturated heterocycles. The minimum Gasteiger partial charge on any atom is -0.377 e. The Balaban J connectivity index is 1.83. The van der Waals surface area contributed by atoms with E-state index in [1.807, 2.05) is 4.90 Å². The van der Waals surface area contributed by atoms with Gasteiger partial charge in [-0.3, -0.25) is 19.8 Å². The van der Waals surface area contributed by atoms with Crippen molar-refractivity contribution in [1.29, 1.82) is 0 Å². The van der Waals surface area contributed by atoms with Gasteiger partial charge in [0, 0.05) is 24.3 Å². The van der Waals surface area contributed by atoms with Crippen LogP contribution in [0.2, 0.25) is 5.02 Å². The number of piperidine rings is 1. The number of imide groups is 2. The molecule has 0 radical (unpaired) electrons. The lowest BCUT2D eigenvalue weighted by molar-refractivity contribution is -0.130. The maximum Gasteiger partial charge on any atom is 0.331 e. The summed E-state index contributed by atoms with van der Waals surface area (Å²) in [6, 6.07) is 6.27. The first-order valence-electron chi connectivity index (χ1n) is 7.93. The molecule has 0 bridgehead atoms. The summed E-state index contributed by atoms with van der Waals surface area (Å²) in [4.78, 5) is 39.7. The lowest BCUT2D eigenvalue weighted by atomic mass is 10.1. The number of barbiturate groups is 1. The molecular formula is C17H18ClN3O3. The van der Waals surface area contributed by atoms with Crippen LogP contribution in [0.1, 0.15) is 24.8 Å². The average Bonchev–Trinajstić information content (AvgIpc) is 2.58. The van der Waals surface area contributed by atoms with Crippen LogP contribution in [-0.4, -0.2) is 40.7 Å². The number of hydrogen-bond acceptors (Lipinski definition) is 4. The van der Waals surface area contributed by atoms with E-state index >= 15 is 0 Å². The molecule has 2 aliphatic rings. The number of hydrogen-bond donors (Lipinski definition) is 1. The summed E-state index contributed by atoms with van der Waals surface area (Å²) in [5.74, 6) is -1.24. The molecule has 0 saturated carbocycles. The molecule has 2 fully saturated rings. The van der Waals surface area contributed by atoms with Gasteiger partial charge in [0.2, 0.25) is 0 Å². The Morgan fingerprint density at radius 1 is 1.08 bits per heavy atom. The number of nitrogens with zero attached hydrogens (tertiary/aromatic N) is 2. The molecule has 126 valence electrons. The smallest absolute Gasteiger partial charge is 0.331 e. The van der Waals surface area contributed by atoms with Gasteiger partial charge in [0.05, 0.1) is 6.54 Å². The minimum atomic E-state index is -0.722. The number of benzene rings is 1. The van der Waals surface area contributed by atoms with Crippen LogP contribution in [0.25, 0.3) is 0 Å². The van der Waals surface area contributed by atoms with Gasteiger partial charge < -0.3 is 4.90 Å². The van der Waals surface area contributed by atoms with Crippen LogP contribution >= 0.6 is 11.6 Å². The molecule has 2 heterocycles. The Morgan fingerprint density at radius 2 is 1.79 bits per heavy atom. The zero-order chi connectivity index (χ0) is 17.1. The van der Waals surface area contributed by atoms with E-state index in [4.69, 9.17) is 11.6 Å². The fourth-order valence-corrected chi connectivity index (χ4v) is 3.05. The third kappa shape index (κ3) is 3.43. The van der Waals surface area contributed by atoms with Crippen LogP contribution in [0, 0.1) is 0 Å². The number of carbonyl (C=O) groups is 3. The second-order valence-electron chi connectivity index (χ2n) is 5.88. The normalized spacial score (nSPS) is 20.5. The van der Waals surface area contributed by atoms with Gasteiger partial charge in [-0.05, 0) is 30.9 Å². The van der Waals surface area contributed by atoms with Crippen molar-refractivity contribution in [3.63, 3.8) is 0 Å². The first kappa shape index (κ1) is 16.5. The fourth-order valence-electron chi connectivity index (χ4n) is 2.85. The Hall–Kier alpha value is -2.34. The van der Waals surface area contributed by atoms with Crippen molar-refractivity contribution in [1.82, 2.24) is 15.1 Å². The molecule has 1 aromatic carbocycles. The average molecular weight is 348 g/mol. The van der Waals surface area contributed by atoms with E-state index in [1.165, 1.54) is 0 Å². The summed E-state index contributed by atoms with van der Waals surface area (Å²) in [5, 5.41) is 2.70. The number of amides is 4. The number of halogens is 1. The monoisotopic (exact) mass is 347 g/mol. The molecule has 24 heavy (non-hydrogen) atoms. The summed E-state index contributed by atoms with van der Waals surface area (Å²) >= 11 is 6.10. The lowest BCUT2D eigenvalue weighted by Gasteiger charge is -2.30. The maximum atomic E-state index is 12.6. The number of nitrogens with one attached hydrogen (secondary N) is 1. The number of carbonyl (C=O) groups excluding carboxylic acids is 3. The highest BCUT2D eigenvalue weighted by Gasteiger charge is 2.36. The van der Waals surface area contributed by atoms with Gasteiger partial charge in [0.15, 0.2) is 0 Å². The third-order valence-electron chi connectivity index (χ3n) is 4.17. The predicted molar refractivity (Wildman–Crippen MR) is 89.0 cm³/mol. The van der Waals surface area contributed by atoms with Crippen molar-refractivity contribution < 1.29 is 14.4 Å². The molecule has 1 N–H and O–H groups in total. The molecule has 3 rings (SSSR count). The first-order valence-corrected chi connectivity index (χ1v) is 8.30. The van der Waals surface area contributed by atoms with Gasteiger partial charge in [-0.15, -0.1) is 0 Å². The van der Waals surface area contributed by atoms with E-state index in [0.29, 0.717) is 10.6 Å². The first-order chi connectivity index (χ1) is 11.6. The lowest BCUT2D eigenvalue weighted by Crippen LogP contribution is -2.54. The quantitative estimate of drug-likeness (QED) is 0.672. The number of rotatable bonds is 3. The topological polar surface area (TPSA) is 69.7 Å². The summed E-state index contributed by atoms with van der Waals surface area (Å²) in [7, 11) is 0.